The van der Waals surface area contributed by atoms with E-state index in [4.69, 9.17) is 4.74 Å². The van der Waals surface area contributed by atoms with Gasteiger partial charge in [0, 0.05) is 25.5 Å². The summed E-state index contributed by atoms with van der Waals surface area (Å²) in [6.07, 6.45) is 1.85. The van der Waals surface area contributed by atoms with Crippen LogP contribution in [-0.2, 0) is 24.7 Å². The van der Waals surface area contributed by atoms with Crippen molar-refractivity contribution in [2.24, 2.45) is 11.8 Å². The van der Waals surface area contributed by atoms with Crippen molar-refractivity contribution in [2.45, 2.75) is 31.3 Å². The Labute approximate surface area is 157 Å². The summed E-state index contributed by atoms with van der Waals surface area (Å²) < 4.78 is 5.09. The number of likely N-dealkylation sites (tertiary alicyclic amines) is 1. The predicted molar refractivity (Wildman–Crippen MR) is 95.9 cm³/mol. The number of quaternary nitrogens is 1. The van der Waals surface area contributed by atoms with Crippen LogP contribution in [0.3, 0.4) is 0 Å². The first-order valence-corrected chi connectivity index (χ1v) is 9.64. The van der Waals surface area contributed by atoms with Gasteiger partial charge >= 0.3 is 0 Å². The Kier molecular flexibility index (Phi) is 3.52. The number of amides is 3. The van der Waals surface area contributed by atoms with E-state index in [0.29, 0.717) is 6.61 Å². The molecule has 1 aromatic carbocycles. The molecule has 3 amide bonds. The molecule has 0 saturated carbocycles. The third-order valence-corrected chi connectivity index (χ3v) is 6.98. The summed E-state index contributed by atoms with van der Waals surface area (Å²) in [5, 5.41) is 3.01. The minimum Gasteiger partial charge on any atom is -0.383 e. The van der Waals surface area contributed by atoms with Crippen LogP contribution in [0, 0.1) is 18.8 Å². The Hall–Kier alpha value is -2.25. The molecule has 0 aliphatic carbocycles. The summed E-state index contributed by atoms with van der Waals surface area (Å²) in [4.78, 5) is 42.4. The number of nitrogens with one attached hydrogen (secondary N) is 2. The molecule has 1 unspecified atom stereocenters. The molecule has 4 heterocycles. The number of methoxy groups -OCH3 is 1. The number of ether oxygens (including phenoxy) is 1. The molecule has 0 bridgehead atoms. The molecular formula is C20H24N3O4+. The van der Waals surface area contributed by atoms with Crippen molar-refractivity contribution >= 4 is 23.4 Å². The summed E-state index contributed by atoms with van der Waals surface area (Å²) in [7, 11) is 1.56. The van der Waals surface area contributed by atoms with E-state index < -0.39 is 17.4 Å². The Morgan fingerprint density at radius 2 is 2.11 bits per heavy atom. The molecule has 7 nitrogen and oxygen atoms in total. The number of carbonyl (C=O) groups excluding carboxylic acids is 3. The Bertz CT molecular complexity index is 869. The van der Waals surface area contributed by atoms with Crippen molar-refractivity contribution in [1.82, 2.24) is 4.90 Å². The van der Waals surface area contributed by atoms with Crippen LogP contribution < -0.4 is 10.2 Å². The molecule has 2 N–H and O–H groups in total. The van der Waals surface area contributed by atoms with Gasteiger partial charge in [0.15, 0.2) is 0 Å². The predicted octanol–water partition coefficient (Wildman–Crippen LogP) is -0.549. The minimum atomic E-state index is -0.984. The number of imide groups is 1. The fourth-order valence-electron chi connectivity index (χ4n) is 6.04. The van der Waals surface area contributed by atoms with Crippen LogP contribution in [0.5, 0.6) is 0 Å². The Morgan fingerprint density at radius 1 is 1.30 bits per heavy atom. The SMILES string of the molecule is COCCN1C(=O)[C@H]2[C@@H](C1=O)[C@]1(C(=O)Nc3ccc(C)cc31)[NH+]1CCC[C@@H]21. The number of fused-ring (bicyclic) bond motifs is 7. The fraction of sp³-hybridized carbons (Fsp3) is 0.550. The zero-order chi connectivity index (χ0) is 18.9. The van der Waals surface area contributed by atoms with Crippen molar-refractivity contribution in [2.75, 3.05) is 32.1 Å². The van der Waals surface area contributed by atoms with Crippen LogP contribution in [0.2, 0.25) is 0 Å². The van der Waals surface area contributed by atoms with E-state index in [0.717, 1.165) is 41.1 Å². The number of carbonyl (C=O) groups is 3. The van der Waals surface area contributed by atoms with Crippen molar-refractivity contribution in [1.29, 1.82) is 0 Å². The van der Waals surface area contributed by atoms with E-state index in [1.54, 1.807) is 7.11 Å². The summed E-state index contributed by atoms with van der Waals surface area (Å²) in [6.45, 7) is 3.37. The van der Waals surface area contributed by atoms with E-state index in [1.165, 1.54) is 4.90 Å². The van der Waals surface area contributed by atoms with Gasteiger partial charge in [0.2, 0.25) is 17.4 Å². The highest BCUT2D eigenvalue weighted by Crippen LogP contribution is 2.51. The van der Waals surface area contributed by atoms with Crippen LogP contribution in [0.25, 0.3) is 0 Å². The molecule has 0 radical (unpaired) electrons. The van der Waals surface area contributed by atoms with Gasteiger partial charge in [-0.15, -0.1) is 0 Å². The van der Waals surface area contributed by atoms with E-state index in [1.807, 2.05) is 25.1 Å². The zero-order valence-electron chi connectivity index (χ0n) is 15.6. The second-order valence-electron chi connectivity index (χ2n) is 8.16. The summed E-state index contributed by atoms with van der Waals surface area (Å²) in [5.74, 6) is -1.51. The number of aryl methyl sites for hydroxylation is 1. The average molecular weight is 370 g/mol. The van der Waals surface area contributed by atoms with Crippen LogP contribution >= 0.6 is 0 Å². The molecule has 7 heteroatoms. The number of benzene rings is 1. The molecule has 1 spiro atoms. The first-order valence-electron chi connectivity index (χ1n) is 9.64. The van der Waals surface area contributed by atoms with Crippen molar-refractivity contribution in [3.05, 3.63) is 29.3 Å². The van der Waals surface area contributed by atoms with Gasteiger partial charge in [-0.3, -0.25) is 19.3 Å². The molecule has 142 valence electrons. The van der Waals surface area contributed by atoms with Gasteiger partial charge in [0.05, 0.1) is 25.4 Å². The van der Waals surface area contributed by atoms with Crippen molar-refractivity contribution in [3.8, 4) is 0 Å². The highest BCUT2D eigenvalue weighted by atomic mass is 16.5. The molecule has 5 atom stereocenters. The van der Waals surface area contributed by atoms with Gasteiger partial charge in [0.25, 0.3) is 5.91 Å². The highest BCUT2D eigenvalue weighted by Gasteiger charge is 2.78. The van der Waals surface area contributed by atoms with Crippen molar-refractivity contribution in [3.63, 3.8) is 0 Å². The Morgan fingerprint density at radius 3 is 2.89 bits per heavy atom. The number of hydrogen-bond acceptors (Lipinski definition) is 4. The first-order chi connectivity index (χ1) is 13.0. The fourth-order valence-corrected chi connectivity index (χ4v) is 6.04. The number of nitrogens with zero attached hydrogens (tertiary/aromatic N) is 1. The van der Waals surface area contributed by atoms with Gasteiger partial charge in [-0.05, 0) is 19.1 Å². The lowest BCUT2D eigenvalue weighted by atomic mass is 9.75. The van der Waals surface area contributed by atoms with Gasteiger partial charge in [-0.2, -0.15) is 0 Å². The molecule has 27 heavy (non-hydrogen) atoms. The van der Waals surface area contributed by atoms with E-state index >= 15 is 0 Å². The standard InChI is InChI=1S/C20H23N3O4/c1-11-5-6-13-12(10-11)20(19(26)21-13)16-15(14-4-3-7-23(14)20)17(24)22(18(16)25)8-9-27-2/h5-6,10,14-16H,3-4,7-9H2,1-2H3,(H,21,26)/p+1/t14-,15+,16-,20+/m0/s1. The van der Waals surface area contributed by atoms with E-state index in [9.17, 15) is 14.4 Å². The van der Waals surface area contributed by atoms with E-state index in [-0.39, 0.29) is 30.3 Å². The maximum Gasteiger partial charge on any atom is 0.291 e. The molecule has 4 aliphatic heterocycles. The second-order valence-corrected chi connectivity index (χ2v) is 8.16. The second kappa shape index (κ2) is 5.62. The molecular weight excluding hydrogens is 346 g/mol. The van der Waals surface area contributed by atoms with Gasteiger partial charge < -0.3 is 15.0 Å². The van der Waals surface area contributed by atoms with Crippen molar-refractivity contribution < 1.29 is 24.0 Å². The zero-order valence-corrected chi connectivity index (χ0v) is 15.6. The molecule has 3 fully saturated rings. The van der Waals surface area contributed by atoms with Gasteiger partial charge in [-0.25, -0.2) is 0 Å². The lowest BCUT2D eigenvalue weighted by Crippen LogP contribution is -3.19. The normalized spacial score (nSPS) is 36.4. The van der Waals surface area contributed by atoms with Crippen LogP contribution in [0.4, 0.5) is 5.69 Å². The number of rotatable bonds is 3. The lowest BCUT2D eigenvalue weighted by Gasteiger charge is -2.33. The van der Waals surface area contributed by atoms with Crippen LogP contribution in [0.15, 0.2) is 18.2 Å². The third kappa shape index (κ3) is 1.91. The van der Waals surface area contributed by atoms with Crippen LogP contribution in [-0.4, -0.2) is 55.5 Å². The maximum atomic E-state index is 13.4. The largest absolute Gasteiger partial charge is 0.383 e. The van der Waals surface area contributed by atoms with Gasteiger partial charge in [0.1, 0.15) is 17.9 Å². The number of anilines is 1. The average Bonchev–Trinajstić information content (AvgIpc) is 3.33. The summed E-state index contributed by atoms with van der Waals surface area (Å²) in [6, 6.07) is 5.93. The molecule has 1 aromatic rings. The van der Waals surface area contributed by atoms with E-state index in [2.05, 4.69) is 5.32 Å². The number of hydrogen-bond donors (Lipinski definition) is 2. The quantitative estimate of drug-likeness (QED) is 0.700. The summed E-state index contributed by atoms with van der Waals surface area (Å²) >= 11 is 0. The van der Waals surface area contributed by atoms with Gasteiger partial charge in [-0.1, -0.05) is 11.6 Å². The molecule has 4 aliphatic rings. The minimum absolute atomic E-state index is 0.0243. The first kappa shape index (κ1) is 16.9. The topological polar surface area (TPSA) is 80.1 Å². The highest BCUT2D eigenvalue weighted by molar-refractivity contribution is 6.14. The molecule has 3 saturated heterocycles. The lowest BCUT2D eigenvalue weighted by molar-refractivity contribution is -0.948. The van der Waals surface area contributed by atoms with Crippen LogP contribution in [0.1, 0.15) is 24.0 Å². The monoisotopic (exact) mass is 370 g/mol. The molecule has 5 rings (SSSR count). The smallest absolute Gasteiger partial charge is 0.291 e. The summed E-state index contributed by atoms with van der Waals surface area (Å²) in [5.41, 5.74) is 1.73. The third-order valence-electron chi connectivity index (χ3n) is 6.98. The Balaban J connectivity index is 1.69. The maximum absolute atomic E-state index is 13.4. The molecule has 0 aromatic heterocycles.